The molecular weight excluding hydrogens is 397 g/mol. The Kier molecular flexibility index (Phi) is 13.3. The van der Waals surface area contributed by atoms with E-state index in [4.69, 9.17) is 16.3 Å². The van der Waals surface area contributed by atoms with E-state index in [1.807, 2.05) is 24.3 Å². The smallest absolute Gasteiger partial charge is 0.221 e. The van der Waals surface area contributed by atoms with Gasteiger partial charge in [0.25, 0.3) is 0 Å². The fourth-order valence-corrected chi connectivity index (χ4v) is 3.36. The van der Waals surface area contributed by atoms with Crippen LogP contribution in [0.5, 0.6) is 0 Å². The molecule has 2 rings (SSSR count). The summed E-state index contributed by atoms with van der Waals surface area (Å²) in [5.41, 5.74) is 1.06. The number of amides is 1. The van der Waals surface area contributed by atoms with Crippen LogP contribution in [0.4, 0.5) is 0 Å². The number of carbonyl (C=O) groups is 1. The largest absolute Gasteiger partial charge is 0.378 e. The van der Waals surface area contributed by atoms with Crippen LogP contribution in [0.3, 0.4) is 0 Å². The highest BCUT2D eigenvalue weighted by molar-refractivity contribution is 6.31. The molecule has 26 heavy (non-hydrogen) atoms. The second-order valence-corrected chi connectivity index (χ2v) is 6.40. The first-order valence-electron chi connectivity index (χ1n) is 8.72. The molecule has 1 aromatic rings. The van der Waals surface area contributed by atoms with Gasteiger partial charge in [-0.3, -0.25) is 9.69 Å². The molecule has 2 N–H and O–H groups in total. The lowest BCUT2D eigenvalue weighted by Gasteiger charge is -2.31. The van der Waals surface area contributed by atoms with E-state index in [0.29, 0.717) is 26.2 Å². The van der Waals surface area contributed by atoms with E-state index in [9.17, 15) is 4.79 Å². The molecule has 2 atom stereocenters. The molecule has 0 spiro atoms. The summed E-state index contributed by atoms with van der Waals surface area (Å²) in [6.07, 6.45) is 0.438. The second-order valence-electron chi connectivity index (χ2n) is 5.99. The summed E-state index contributed by atoms with van der Waals surface area (Å²) in [5.74, 6) is 0.0437. The predicted molar refractivity (Wildman–Crippen MR) is 112 cm³/mol. The third-order valence-electron chi connectivity index (χ3n) is 4.44. The van der Waals surface area contributed by atoms with Gasteiger partial charge in [0.1, 0.15) is 0 Å². The lowest BCUT2D eigenvalue weighted by atomic mass is 10.0. The van der Waals surface area contributed by atoms with Crippen LogP contribution >= 0.6 is 36.4 Å². The molecule has 0 aliphatic carbocycles. The summed E-state index contributed by atoms with van der Waals surface area (Å²) < 4.78 is 5.40. The highest BCUT2D eigenvalue weighted by Crippen LogP contribution is 2.26. The van der Waals surface area contributed by atoms with Gasteiger partial charge >= 0.3 is 0 Å². The number of hydrogen-bond donors (Lipinski definition) is 2. The van der Waals surface area contributed by atoms with Crippen LogP contribution in [0.1, 0.15) is 31.9 Å². The zero-order chi connectivity index (χ0) is 17.4. The van der Waals surface area contributed by atoms with E-state index in [1.165, 1.54) is 0 Å². The van der Waals surface area contributed by atoms with Gasteiger partial charge in [-0.25, -0.2) is 0 Å². The minimum absolute atomic E-state index is 0. The molecular formula is C18H30Cl3N3O2. The Balaban J connectivity index is 0.00000312. The number of likely N-dealkylation sites (N-methyl/N-ethyl adjacent to an activating group) is 1. The summed E-state index contributed by atoms with van der Waals surface area (Å²) >= 11 is 6.38. The number of hydrogen-bond acceptors (Lipinski definition) is 4. The molecule has 0 saturated carbocycles. The lowest BCUT2D eigenvalue weighted by Crippen LogP contribution is -2.45. The number of halogens is 3. The Bertz CT molecular complexity index is 524. The molecule has 2 unspecified atom stereocenters. The van der Waals surface area contributed by atoms with E-state index in [-0.39, 0.29) is 42.8 Å². The topological polar surface area (TPSA) is 53.6 Å². The van der Waals surface area contributed by atoms with Gasteiger partial charge in [-0.1, -0.05) is 43.6 Å². The minimum Gasteiger partial charge on any atom is -0.378 e. The first-order chi connectivity index (χ1) is 11.7. The van der Waals surface area contributed by atoms with Crippen molar-refractivity contribution < 1.29 is 9.53 Å². The van der Waals surface area contributed by atoms with Crippen molar-refractivity contribution in [1.82, 2.24) is 15.5 Å². The van der Waals surface area contributed by atoms with E-state index in [2.05, 4.69) is 29.4 Å². The van der Waals surface area contributed by atoms with Gasteiger partial charge < -0.3 is 15.4 Å². The predicted octanol–water partition coefficient (Wildman–Crippen LogP) is 3.06. The molecule has 5 nitrogen and oxygen atoms in total. The van der Waals surface area contributed by atoms with Gasteiger partial charge in [-0.05, 0) is 24.7 Å². The molecule has 1 amide bonds. The number of nitrogens with zero attached hydrogens (tertiary/aromatic N) is 1. The molecule has 0 bridgehead atoms. The first kappa shape index (κ1) is 25.4. The summed E-state index contributed by atoms with van der Waals surface area (Å²) in [6, 6.07) is 8.03. The van der Waals surface area contributed by atoms with Gasteiger partial charge in [-0.15, -0.1) is 24.8 Å². The average Bonchev–Trinajstić information content (AvgIpc) is 2.60. The zero-order valence-electron chi connectivity index (χ0n) is 15.4. The second kappa shape index (κ2) is 13.6. The molecule has 1 aromatic carbocycles. The van der Waals surface area contributed by atoms with Gasteiger partial charge in [0.05, 0.1) is 19.3 Å². The van der Waals surface area contributed by atoms with Crippen LogP contribution in [0.2, 0.25) is 5.02 Å². The van der Waals surface area contributed by atoms with Crippen LogP contribution in [0.15, 0.2) is 24.3 Å². The quantitative estimate of drug-likeness (QED) is 0.671. The summed E-state index contributed by atoms with van der Waals surface area (Å²) in [5, 5.41) is 7.12. The Morgan fingerprint density at radius 3 is 2.62 bits per heavy atom. The van der Waals surface area contributed by atoms with Crippen molar-refractivity contribution in [3.05, 3.63) is 34.9 Å². The third-order valence-corrected chi connectivity index (χ3v) is 4.78. The Labute approximate surface area is 174 Å². The van der Waals surface area contributed by atoms with Crippen LogP contribution < -0.4 is 10.6 Å². The fraction of sp³-hybridized carbons (Fsp3) is 0.611. The maximum absolute atomic E-state index is 12.3. The highest BCUT2D eigenvalue weighted by atomic mass is 35.5. The van der Waals surface area contributed by atoms with E-state index < -0.39 is 0 Å². The maximum Gasteiger partial charge on any atom is 0.221 e. The van der Waals surface area contributed by atoms with Crippen LogP contribution in [0.25, 0.3) is 0 Å². The molecule has 0 radical (unpaired) electrons. The molecule has 1 fully saturated rings. The Hall–Kier alpha value is -0.560. The van der Waals surface area contributed by atoms with Crippen molar-refractivity contribution in [2.75, 3.05) is 39.4 Å². The maximum atomic E-state index is 12.3. The van der Waals surface area contributed by atoms with Crippen molar-refractivity contribution >= 4 is 42.3 Å². The van der Waals surface area contributed by atoms with Gasteiger partial charge in [0, 0.05) is 30.6 Å². The molecule has 1 aliphatic rings. The highest BCUT2D eigenvalue weighted by Gasteiger charge is 2.22. The van der Waals surface area contributed by atoms with Gasteiger partial charge in [0.2, 0.25) is 5.91 Å². The van der Waals surface area contributed by atoms with Crippen LogP contribution in [-0.2, 0) is 9.53 Å². The lowest BCUT2D eigenvalue weighted by molar-refractivity contribution is -0.122. The van der Waals surface area contributed by atoms with Crippen molar-refractivity contribution in [3.8, 4) is 0 Å². The summed E-state index contributed by atoms with van der Waals surface area (Å²) in [7, 11) is 0. The van der Waals surface area contributed by atoms with E-state index >= 15 is 0 Å². The van der Waals surface area contributed by atoms with Gasteiger partial charge in [0.15, 0.2) is 0 Å². The van der Waals surface area contributed by atoms with Gasteiger partial charge in [-0.2, -0.15) is 0 Å². The first-order valence-corrected chi connectivity index (χ1v) is 9.09. The summed E-state index contributed by atoms with van der Waals surface area (Å²) in [6.45, 7) is 8.72. The van der Waals surface area contributed by atoms with Crippen LogP contribution in [-0.4, -0.2) is 56.2 Å². The average molecular weight is 427 g/mol. The van der Waals surface area contributed by atoms with Crippen molar-refractivity contribution in [2.24, 2.45) is 0 Å². The Morgan fingerprint density at radius 1 is 1.35 bits per heavy atom. The van der Waals surface area contributed by atoms with E-state index in [1.54, 1.807) is 0 Å². The van der Waals surface area contributed by atoms with Crippen molar-refractivity contribution in [3.63, 3.8) is 0 Å². The number of nitrogens with one attached hydrogen (secondary N) is 2. The third kappa shape index (κ3) is 7.59. The number of benzene rings is 1. The minimum atomic E-state index is 0. The number of ether oxygens (including phenoxy) is 1. The molecule has 0 aromatic heterocycles. The number of carbonyl (C=O) groups excluding carboxylic acids is 1. The van der Waals surface area contributed by atoms with E-state index in [0.717, 1.165) is 30.2 Å². The fourth-order valence-electron chi connectivity index (χ4n) is 3.10. The molecule has 150 valence electrons. The number of morpholine rings is 1. The van der Waals surface area contributed by atoms with Crippen molar-refractivity contribution in [2.45, 2.75) is 32.4 Å². The van der Waals surface area contributed by atoms with Crippen molar-refractivity contribution in [1.29, 1.82) is 0 Å². The standard InChI is InChI=1S/C18H28ClN3O2.2ClH/c1-3-22(4-2)17(15-7-5-6-8-16(15)19)12-21-18(23)11-14-13-24-10-9-20-14;;/h5-8,14,17,20H,3-4,9-13H2,1-2H3,(H,21,23);2*1H. The SMILES string of the molecule is CCN(CC)C(CNC(=O)CC1COCCN1)c1ccccc1Cl.Cl.Cl. The molecule has 1 aliphatic heterocycles. The molecule has 1 saturated heterocycles. The Morgan fingerprint density at radius 2 is 2.04 bits per heavy atom. The molecule has 8 heteroatoms. The number of rotatable bonds is 8. The zero-order valence-corrected chi connectivity index (χ0v) is 17.8. The molecule has 1 heterocycles. The monoisotopic (exact) mass is 425 g/mol. The normalized spacial score (nSPS) is 17.8. The summed E-state index contributed by atoms with van der Waals surface area (Å²) in [4.78, 5) is 14.6. The van der Waals surface area contributed by atoms with Crippen LogP contribution in [0, 0.1) is 0 Å².